The predicted octanol–water partition coefficient (Wildman–Crippen LogP) is 12.4. The Balaban J connectivity index is 1.10. The number of allylic oxidation sites excluding steroid dienone is 6. The van der Waals surface area contributed by atoms with Gasteiger partial charge in [-0.3, -0.25) is 4.57 Å². The summed E-state index contributed by atoms with van der Waals surface area (Å²) in [7, 11) is 0. The van der Waals surface area contributed by atoms with E-state index in [9.17, 15) is 0 Å². The zero-order valence-corrected chi connectivity index (χ0v) is 31.2. The second-order valence-electron chi connectivity index (χ2n) is 15.4. The topological polar surface area (TPSA) is 46.8 Å². The summed E-state index contributed by atoms with van der Waals surface area (Å²) >= 11 is 0. The molecule has 0 saturated carbocycles. The van der Waals surface area contributed by atoms with E-state index >= 15 is 0 Å². The summed E-state index contributed by atoms with van der Waals surface area (Å²) in [6, 6.07) is 47.7. The Morgan fingerprint density at radius 1 is 0.607 bits per heavy atom. The van der Waals surface area contributed by atoms with Gasteiger partial charge in [-0.2, -0.15) is 9.97 Å². The third-order valence-corrected chi connectivity index (χ3v) is 12.2. The van der Waals surface area contributed by atoms with E-state index in [0.29, 0.717) is 23.5 Å². The van der Waals surface area contributed by atoms with E-state index in [1.807, 2.05) is 6.07 Å². The molecule has 0 N–H and O–H groups in total. The monoisotopic (exact) mass is 723 g/mol. The average molecular weight is 724 g/mol. The molecule has 270 valence electrons. The summed E-state index contributed by atoms with van der Waals surface area (Å²) in [5, 5.41) is 1.20. The number of benzene rings is 5. The number of fused-ring (bicyclic) bond motifs is 7. The molecule has 3 heterocycles. The molecule has 7 aromatic rings. The quantitative estimate of drug-likeness (QED) is 0.160. The van der Waals surface area contributed by atoms with Gasteiger partial charge in [0.15, 0.2) is 11.6 Å². The SMILES string of the molecule is C1=CC(c2ccc(-c3nc(-c4ccccc4)nc(-n4c5c(c6ccccc64)C=CC4c6ccccc6N(C6=CC=C(c7ccccc7)CC6)C54)n3)cc2)CCC1. The van der Waals surface area contributed by atoms with Gasteiger partial charge in [0.25, 0.3) is 0 Å². The van der Waals surface area contributed by atoms with Crippen LogP contribution >= 0.6 is 0 Å². The van der Waals surface area contributed by atoms with Gasteiger partial charge in [-0.1, -0.05) is 152 Å². The van der Waals surface area contributed by atoms with E-state index in [1.54, 1.807) is 0 Å². The molecule has 1 aliphatic heterocycles. The summed E-state index contributed by atoms with van der Waals surface area (Å²) < 4.78 is 2.35. The van der Waals surface area contributed by atoms with E-state index in [0.717, 1.165) is 29.5 Å². The van der Waals surface area contributed by atoms with Gasteiger partial charge in [0.05, 0.1) is 17.3 Å². The van der Waals surface area contributed by atoms with Crippen LogP contribution < -0.4 is 4.90 Å². The number of anilines is 1. The van der Waals surface area contributed by atoms with Crippen molar-refractivity contribution in [3.8, 4) is 28.7 Å². The molecule has 0 fully saturated rings. The zero-order chi connectivity index (χ0) is 37.0. The molecule has 0 bridgehead atoms. The number of rotatable bonds is 6. The molecule has 0 amide bonds. The first-order chi connectivity index (χ1) is 27.8. The second kappa shape index (κ2) is 13.6. The maximum absolute atomic E-state index is 5.38. The Labute approximate surface area is 327 Å². The molecular weight excluding hydrogens is 683 g/mol. The van der Waals surface area contributed by atoms with Crippen LogP contribution in [0.1, 0.15) is 77.9 Å². The molecule has 3 atom stereocenters. The van der Waals surface area contributed by atoms with E-state index in [-0.39, 0.29) is 12.0 Å². The van der Waals surface area contributed by atoms with Crippen LogP contribution in [-0.2, 0) is 0 Å². The lowest BCUT2D eigenvalue weighted by Crippen LogP contribution is -2.30. The standard InChI is InChI=1S/C51H41N5/c1-4-14-34(15-5-1)36-24-26-39(27-25-36)50-52-49(38-18-8-3-9-19-38)53-51(54-50)56-46-23-13-11-21-42(46)44-33-32-43-41-20-10-12-22-45(41)55(47(43)48(44)56)40-30-28-37(29-31-40)35-16-6-2-7-17-35/h2-4,6-14,16-28,30,32-34,43,47H,1,5,15,29,31H2. The summed E-state index contributed by atoms with van der Waals surface area (Å²) in [4.78, 5) is 18.5. The molecule has 0 saturated heterocycles. The minimum atomic E-state index is 0.0148. The lowest BCUT2D eigenvalue weighted by atomic mass is 9.85. The van der Waals surface area contributed by atoms with Crippen molar-refractivity contribution in [1.29, 1.82) is 0 Å². The lowest BCUT2D eigenvalue weighted by Gasteiger charge is -2.35. The molecule has 11 rings (SSSR count). The molecule has 3 aliphatic carbocycles. The van der Waals surface area contributed by atoms with Gasteiger partial charge in [-0.15, -0.1) is 0 Å². The van der Waals surface area contributed by atoms with Crippen LogP contribution in [0.2, 0.25) is 0 Å². The van der Waals surface area contributed by atoms with Gasteiger partial charge >= 0.3 is 0 Å². The lowest BCUT2D eigenvalue weighted by molar-refractivity contribution is 0.604. The minimum absolute atomic E-state index is 0.0148. The second-order valence-corrected chi connectivity index (χ2v) is 15.4. The third kappa shape index (κ3) is 5.49. The first kappa shape index (κ1) is 32.8. The van der Waals surface area contributed by atoms with E-state index in [1.165, 1.54) is 69.6 Å². The van der Waals surface area contributed by atoms with Crippen LogP contribution in [0.25, 0.3) is 51.3 Å². The van der Waals surface area contributed by atoms with Crippen molar-refractivity contribution in [2.75, 3.05) is 4.90 Å². The van der Waals surface area contributed by atoms with Gasteiger partial charge in [0.1, 0.15) is 0 Å². The highest BCUT2D eigenvalue weighted by atomic mass is 15.3. The van der Waals surface area contributed by atoms with Crippen LogP contribution in [0.3, 0.4) is 0 Å². The van der Waals surface area contributed by atoms with Crippen molar-refractivity contribution < 1.29 is 0 Å². The fourth-order valence-corrected chi connectivity index (χ4v) is 9.47. The number of hydrogen-bond acceptors (Lipinski definition) is 4. The highest BCUT2D eigenvalue weighted by Crippen LogP contribution is 2.56. The Hall–Kier alpha value is -6.59. The summed E-state index contributed by atoms with van der Waals surface area (Å²) in [5.41, 5.74) is 13.5. The van der Waals surface area contributed by atoms with Crippen molar-refractivity contribution in [1.82, 2.24) is 19.5 Å². The van der Waals surface area contributed by atoms with Gasteiger partial charge in [-0.25, -0.2) is 4.98 Å². The molecule has 5 aromatic carbocycles. The molecule has 5 heteroatoms. The Kier molecular flexibility index (Phi) is 7.97. The third-order valence-electron chi connectivity index (χ3n) is 12.2. The summed E-state index contributed by atoms with van der Waals surface area (Å²) in [6.45, 7) is 0. The van der Waals surface area contributed by atoms with Gasteiger partial charge in [-0.05, 0) is 72.6 Å². The van der Waals surface area contributed by atoms with Crippen molar-refractivity contribution in [3.05, 3.63) is 197 Å². The maximum atomic E-state index is 5.38. The highest BCUT2D eigenvalue weighted by molar-refractivity contribution is 5.95. The van der Waals surface area contributed by atoms with Crippen LogP contribution in [0.15, 0.2) is 170 Å². The summed E-state index contributed by atoms with van der Waals surface area (Å²) in [5.74, 6) is 2.61. The first-order valence-corrected chi connectivity index (χ1v) is 20.0. The fraction of sp³-hybridized carbons (Fsp3) is 0.157. The van der Waals surface area contributed by atoms with Crippen molar-refractivity contribution in [2.24, 2.45) is 0 Å². The van der Waals surface area contributed by atoms with Crippen LogP contribution in [0.4, 0.5) is 5.69 Å². The van der Waals surface area contributed by atoms with Crippen molar-refractivity contribution >= 4 is 28.2 Å². The fourth-order valence-electron chi connectivity index (χ4n) is 9.47. The van der Waals surface area contributed by atoms with Crippen LogP contribution in [0, 0.1) is 0 Å². The molecule has 0 spiro atoms. The Morgan fingerprint density at radius 3 is 2.07 bits per heavy atom. The van der Waals surface area contributed by atoms with Gasteiger partial charge < -0.3 is 4.90 Å². The molecule has 5 nitrogen and oxygen atoms in total. The largest absolute Gasteiger partial charge is 0.335 e. The molecule has 0 radical (unpaired) electrons. The molecule has 3 unspecified atom stereocenters. The van der Waals surface area contributed by atoms with Crippen LogP contribution in [-0.4, -0.2) is 19.5 Å². The maximum Gasteiger partial charge on any atom is 0.238 e. The number of para-hydroxylation sites is 2. The van der Waals surface area contributed by atoms with E-state index < -0.39 is 0 Å². The van der Waals surface area contributed by atoms with E-state index in [2.05, 4.69) is 173 Å². The average Bonchev–Trinajstić information content (AvgIpc) is 3.80. The van der Waals surface area contributed by atoms with E-state index in [4.69, 9.17) is 15.0 Å². The highest BCUT2D eigenvalue weighted by Gasteiger charge is 2.45. The number of nitrogens with zero attached hydrogens (tertiary/aromatic N) is 5. The molecule has 2 aromatic heterocycles. The normalized spacial score (nSPS) is 19.6. The molecular formula is C51H41N5. The minimum Gasteiger partial charge on any atom is -0.335 e. The zero-order valence-electron chi connectivity index (χ0n) is 31.2. The first-order valence-electron chi connectivity index (χ1n) is 20.0. The Morgan fingerprint density at radius 2 is 1.32 bits per heavy atom. The van der Waals surface area contributed by atoms with Gasteiger partial charge in [0, 0.05) is 45.3 Å². The number of hydrogen-bond donors (Lipinski definition) is 0. The molecule has 4 aliphatic rings. The van der Waals surface area contributed by atoms with Crippen LogP contribution in [0.5, 0.6) is 0 Å². The van der Waals surface area contributed by atoms with Gasteiger partial charge in [0.2, 0.25) is 5.95 Å². The van der Waals surface area contributed by atoms with Crippen molar-refractivity contribution in [3.63, 3.8) is 0 Å². The summed E-state index contributed by atoms with van der Waals surface area (Å²) in [6.07, 6.45) is 19.7. The smallest absolute Gasteiger partial charge is 0.238 e. The Bertz CT molecular complexity index is 2740. The molecule has 56 heavy (non-hydrogen) atoms. The predicted molar refractivity (Wildman–Crippen MR) is 228 cm³/mol. The van der Waals surface area contributed by atoms with Crippen molar-refractivity contribution in [2.45, 2.75) is 50.0 Å². The number of aromatic nitrogens is 4.